The molecule has 228 valence electrons. The fraction of sp³-hybridized carbons (Fsp3) is 0.739. The highest BCUT2D eigenvalue weighted by Gasteiger charge is 2.58. The van der Waals surface area contributed by atoms with Crippen molar-refractivity contribution in [3.8, 4) is 0 Å². The van der Waals surface area contributed by atoms with E-state index in [4.69, 9.17) is 41.9 Å². The Labute approximate surface area is 245 Å². The van der Waals surface area contributed by atoms with Gasteiger partial charge in [0.05, 0.1) is 19.3 Å². The van der Waals surface area contributed by atoms with Crippen LogP contribution in [-0.2, 0) is 39.9 Å². The van der Waals surface area contributed by atoms with Gasteiger partial charge in [0.25, 0.3) is 17.3 Å². The van der Waals surface area contributed by atoms with Crippen molar-refractivity contribution in [3.63, 3.8) is 0 Å². The fourth-order valence-electron chi connectivity index (χ4n) is 3.28. The Hall–Kier alpha value is -1.16. The van der Waals surface area contributed by atoms with Crippen molar-refractivity contribution in [1.82, 2.24) is 14.6 Å². The van der Waals surface area contributed by atoms with E-state index in [0.717, 1.165) is 22.5 Å². The van der Waals surface area contributed by atoms with E-state index in [0.29, 0.717) is 0 Å². The number of carbonyl (C=O) groups is 2. The summed E-state index contributed by atoms with van der Waals surface area (Å²) in [6, 6.07) is -0.963. The van der Waals surface area contributed by atoms with E-state index in [-0.39, 0.29) is 23.0 Å². The second-order valence-corrected chi connectivity index (χ2v) is 15.3. The largest absolute Gasteiger partial charge is 0.462 e. The average molecular weight is 648 g/mol. The van der Waals surface area contributed by atoms with E-state index in [9.17, 15) is 24.3 Å². The number of H-pyrrole nitrogens is 1. The van der Waals surface area contributed by atoms with Gasteiger partial charge in [-0.3, -0.25) is 23.9 Å². The fourth-order valence-corrected chi connectivity index (χ4v) is 6.85. The van der Waals surface area contributed by atoms with Crippen molar-refractivity contribution in [2.24, 2.45) is 5.41 Å². The van der Waals surface area contributed by atoms with Gasteiger partial charge >= 0.3 is 11.7 Å². The number of aromatic amines is 1. The highest BCUT2D eigenvalue weighted by Crippen LogP contribution is 2.48. The molecule has 1 aliphatic heterocycles. The second kappa shape index (κ2) is 13.9. The first-order valence-electron chi connectivity index (χ1n) is 12.4. The zero-order valence-electron chi connectivity index (χ0n) is 23.3. The highest BCUT2D eigenvalue weighted by atomic mass is 35.5. The first kappa shape index (κ1) is 35.0. The lowest BCUT2D eigenvalue weighted by Crippen LogP contribution is -2.42. The Morgan fingerprint density at radius 2 is 1.98 bits per heavy atom. The zero-order chi connectivity index (χ0) is 30.6. The Kier molecular flexibility index (Phi) is 12.2. The first-order valence-corrected chi connectivity index (χ1v) is 16.4. The molecular weight excluding hydrogens is 612 g/mol. The van der Waals surface area contributed by atoms with Crippen LogP contribution in [0.2, 0.25) is 0 Å². The lowest BCUT2D eigenvalue weighted by atomic mass is 10.00. The molecule has 40 heavy (non-hydrogen) atoms. The van der Waals surface area contributed by atoms with Crippen LogP contribution in [-0.4, -0.2) is 74.2 Å². The number of nitrogens with one attached hydrogen (secondary N) is 2. The molecule has 1 aliphatic rings. The Balaban J connectivity index is 2.19. The molecule has 0 aliphatic carbocycles. The minimum Gasteiger partial charge on any atom is -0.462 e. The van der Waals surface area contributed by atoms with Crippen molar-refractivity contribution in [2.75, 3.05) is 19.0 Å². The van der Waals surface area contributed by atoms with Gasteiger partial charge in [-0.05, 0) is 39.5 Å². The van der Waals surface area contributed by atoms with Crippen LogP contribution in [0.25, 0.3) is 0 Å². The van der Waals surface area contributed by atoms with E-state index in [2.05, 4.69) is 5.09 Å². The third kappa shape index (κ3) is 9.17. The molecule has 6 atom stereocenters. The monoisotopic (exact) mass is 647 g/mol. The van der Waals surface area contributed by atoms with Gasteiger partial charge in [0, 0.05) is 22.9 Å². The summed E-state index contributed by atoms with van der Waals surface area (Å²) < 4.78 is 38.4. The van der Waals surface area contributed by atoms with Gasteiger partial charge in [0.15, 0.2) is 11.3 Å². The number of alkyl halides is 2. The maximum absolute atomic E-state index is 15.4. The first-order chi connectivity index (χ1) is 18.3. The van der Waals surface area contributed by atoms with Gasteiger partial charge in [-0.1, -0.05) is 44.1 Å². The summed E-state index contributed by atoms with van der Waals surface area (Å²) in [5.74, 6) is -0.388. The van der Waals surface area contributed by atoms with Crippen LogP contribution < -0.4 is 16.3 Å². The zero-order valence-corrected chi connectivity index (χ0v) is 26.5. The van der Waals surface area contributed by atoms with Crippen LogP contribution in [0.5, 0.6) is 0 Å². The van der Waals surface area contributed by atoms with Crippen LogP contribution in [0.4, 0.5) is 4.39 Å². The third-order valence-corrected chi connectivity index (χ3v) is 9.75. The van der Waals surface area contributed by atoms with Crippen LogP contribution in [0.1, 0.15) is 53.3 Å². The quantitative estimate of drug-likeness (QED) is 0.132. The van der Waals surface area contributed by atoms with Gasteiger partial charge in [0.1, 0.15) is 18.2 Å². The number of hydrogen-bond donors (Lipinski definition) is 3. The molecule has 1 unspecified atom stereocenters. The number of aliphatic hydroxyl groups is 1. The van der Waals surface area contributed by atoms with Gasteiger partial charge in [-0.25, -0.2) is 14.3 Å². The third-order valence-electron chi connectivity index (χ3n) is 5.43. The number of carbonyl (C=O) groups excluding carboxylic acids is 2. The Bertz CT molecular complexity index is 1240. The van der Waals surface area contributed by atoms with E-state index >= 15 is 4.39 Å². The van der Waals surface area contributed by atoms with Gasteiger partial charge < -0.3 is 23.6 Å². The summed E-state index contributed by atoms with van der Waals surface area (Å²) in [5, 5.41) is 10.3. The second-order valence-electron chi connectivity index (χ2n) is 10.5. The van der Waals surface area contributed by atoms with E-state index in [1.165, 1.54) is 13.8 Å². The van der Waals surface area contributed by atoms with Crippen LogP contribution in [0, 0.1) is 12.3 Å². The Morgan fingerprint density at radius 1 is 1.35 bits per heavy atom. The van der Waals surface area contributed by atoms with Crippen molar-refractivity contribution in [1.29, 1.82) is 0 Å². The Morgan fingerprint density at radius 3 is 2.55 bits per heavy atom. The molecular formula is C23H36ClFN3O9PS2. The maximum Gasteiger partial charge on any atom is 0.330 e. The number of ether oxygens (including phenoxy) is 2. The van der Waals surface area contributed by atoms with E-state index in [1.807, 2.05) is 4.98 Å². The molecule has 0 bridgehead atoms. The lowest BCUT2D eigenvalue weighted by Gasteiger charge is -2.28. The topological polar surface area (TPSA) is 158 Å². The summed E-state index contributed by atoms with van der Waals surface area (Å²) in [6.07, 6.45) is -4.55. The molecule has 0 aromatic carbocycles. The molecule has 1 fully saturated rings. The molecule has 2 rings (SSSR count). The van der Waals surface area contributed by atoms with Gasteiger partial charge in [-0.15, -0.1) is 0 Å². The minimum atomic E-state index is -3.52. The standard InChI is InChI=1S/C23H36ClFN3O9PS2/c1-12(2)36-18(31)14(4)27-38(39,34-8-9-40-20(32)22(5,6)7)35-11-15-16(29)23(24,25)19(37-15)28-10-13(3)17(30)26-21(28)33/h10,12,14-16,19,29H,8-9,11H2,1-7H3,(H,27,39)(H,26,30,33)/t14-,15+,16+,19+,23+,38?/m0/s1. The molecule has 0 spiro atoms. The SMILES string of the molecule is Cc1cn([C@@H]2O[C@H](COP(=S)(N[C@@H](C)C(=O)OC(C)C)OCCSC(=O)C(C)(C)C)[C@@H](O)[C@]2(F)Cl)c(=O)[nH]c1=O. The van der Waals surface area contributed by atoms with Gasteiger partial charge in [-0.2, -0.15) is 0 Å². The molecule has 3 N–H and O–H groups in total. The molecule has 1 aromatic rings. The smallest absolute Gasteiger partial charge is 0.330 e. The van der Waals surface area contributed by atoms with E-state index in [1.54, 1.807) is 34.6 Å². The number of aliphatic hydroxyl groups excluding tert-OH is 1. The summed E-state index contributed by atoms with van der Waals surface area (Å²) in [4.78, 5) is 50.6. The van der Waals surface area contributed by atoms with Gasteiger partial charge in [0.2, 0.25) is 0 Å². The van der Waals surface area contributed by atoms with Crippen LogP contribution >= 0.6 is 30.0 Å². The number of aryl methyl sites for hydroxylation is 1. The summed E-state index contributed by atoms with van der Waals surface area (Å²) in [6.45, 7) is 7.49. The van der Waals surface area contributed by atoms with Crippen molar-refractivity contribution < 1.29 is 37.6 Å². The number of thioether (sulfide) groups is 1. The van der Waals surface area contributed by atoms with Crippen molar-refractivity contribution >= 4 is 52.9 Å². The predicted molar refractivity (Wildman–Crippen MR) is 153 cm³/mol. The normalized spacial score (nSPS) is 25.5. The molecule has 0 saturated carbocycles. The molecule has 1 saturated heterocycles. The minimum absolute atomic E-state index is 0.0337. The van der Waals surface area contributed by atoms with Crippen molar-refractivity contribution in [3.05, 3.63) is 32.6 Å². The average Bonchev–Trinajstić information content (AvgIpc) is 3.05. The molecule has 0 radical (unpaired) electrons. The lowest BCUT2D eigenvalue weighted by molar-refractivity contribution is -0.149. The van der Waals surface area contributed by atoms with Crippen LogP contribution in [0.15, 0.2) is 15.8 Å². The molecule has 12 nitrogen and oxygen atoms in total. The highest BCUT2D eigenvalue weighted by molar-refractivity contribution is 8.13. The molecule has 2 heterocycles. The maximum atomic E-state index is 15.4. The number of nitrogens with zero attached hydrogens (tertiary/aromatic N) is 1. The molecule has 1 aromatic heterocycles. The number of halogens is 2. The molecule has 17 heteroatoms. The predicted octanol–water partition coefficient (Wildman–Crippen LogP) is 2.50. The summed E-state index contributed by atoms with van der Waals surface area (Å²) in [7, 11) is 0. The number of rotatable bonds is 12. The van der Waals surface area contributed by atoms with Crippen molar-refractivity contribution in [2.45, 2.75) is 84.2 Å². The molecule has 0 amide bonds. The number of esters is 1. The van der Waals surface area contributed by atoms with E-state index < -0.39 is 71.6 Å². The summed E-state index contributed by atoms with van der Waals surface area (Å²) >= 11 is 12.6. The number of hydrogen-bond acceptors (Lipinski definition) is 11. The summed E-state index contributed by atoms with van der Waals surface area (Å²) in [5.41, 5.74) is -2.14. The van der Waals surface area contributed by atoms with Crippen LogP contribution in [0.3, 0.4) is 0 Å². The number of aromatic nitrogens is 2.